The quantitative estimate of drug-likeness (QED) is 0.102. The molecule has 0 saturated carbocycles. The summed E-state index contributed by atoms with van der Waals surface area (Å²) in [6, 6.07) is 25.6. The summed E-state index contributed by atoms with van der Waals surface area (Å²) in [4.78, 5) is 59.4. The van der Waals surface area contributed by atoms with Crippen LogP contribution in [-0.2, 0) is 32.0 Å². The Hall–Kier alpha value is -5.37. The van der Waals surface area contributed by atoms with Crippen molar-refractivity contribution in [3.05, 3.63) is 108 Å². The lowest BCUT2D eigenvalue weighted by Gasteiger charge is -2.35. The summed E-state index contributed by atoms with van der Waals surface area (Å²) in [5.41, 5.74) is 11.9. The molecule has 1 saturated heterocycles. The first kappa shape index (κ1) is 37.9. The van der Waals surface area contributed by atoms with Gasteiger partial charge in [0.25, 0.3) is 5.91 Å². The van der Waals surface area contributed by atoms with Gasteiger partial charge < -0.3 is 36.7 Å². The lowest BCUT2D eigenvalue weighted by Crippen LogP contribution is -2.64. The van der Waals surface area contributed by atoms with Crippen LogP contribution in [0.3, 0.4) is 0 Å². The van der Waals surface area contributed by atoms with E-state index in [4.69, 9.17) is 20.9 Å². The van der Waals surface area contributed by atoms with Crippen molar-refractivity contribution in [2.24, 2.45) is 11.5 Å². The monoisotopic (exact) mass is 710 g/mol. The molecule has 0 radical (unpaired) electrons. The van der Waals surface area contributed by atoms with E-state index in [1.807, 2.05) is 42.5 Å². The van der Waals surface area contributed by atoms with Crippen LogP contribution < -0.4 is 26.8 Å². The second-order valence-corrected chi connectivity index (χ2v) is 13.0. The molecule has 3 aromatic carbocycles. The van der Waals surface area contributed by atoms with Gasteiger partial charge in [-0.05, 0) is 48.2 Å². The van der Waals surface area contributed by atoms with Gasteiger partial charge in [-0.15, -0.1) is 0 Å². The summed E-state index contributed by atoms with van der Waals surface area (Å²) in [5.74, 6) is -2.72. The first-order chi connectivity index (χ1) is 25.1. The van der Waals surface area contributed by atoms with Gasteiger partial charge in [0.2, 0.25) is 17.7 Å². The van der Waals surface area contributed by atoms with Crippen LogP contribution in [0.4, 0.5) is 0 Å². The fourth-order valence-electron chi connectivity index (χ4n) is 6.23. The number of benzene rings is 3. The normalized spacial score (nSPS) is 15.6. The van der Waals surface area contributed by atoms with E-state index in [2.05, 4.69) is 20.5 Å². The zero-order valence-corrected chi connectivity index (χ0v) is 29.0. The highest BCUT2D eigenvalue weighted by molar-refractivity contribution is 6.00. The zero-order chi connectivity index (χ0) is 36.9. The molecule has 1 aromatic heterocycles. The number of hydrogen-bond donors (Lipinski definition) is 5. The third-order valence-electron chi connectivity index (χ3n) is 9.09. The fourth-order valence-corrected chi connectivity index (χ4v) is 6.23. The Morgan fingerprint density at radius 2 is 1.62 bits per heavy atom. The molecule has 13 heteroatoms. The van der Waals surface area contributed by atoms with E-state index in [-0.39, 0.29) is 25.0 Å². The SMILES string of the molecule is NC(=O)C[C@H](NC(=O)c1ccc2ccccc2n1)C(=O)N[C@](Cc1ccc(OCCN2CCOCC2)cc1)(C[C@@H](O)CCc1ccccc1)C(N)=O. The maximum absolute atomic E-state index is 14.0. The summed E-state index contributed by atoms with van der Waals surface area (Å²) in [5, 5.41) is 17.3. The molecule has 3 atom stereocenters. The summed E-state index contributed by atoms with van der Waals surface area (Å²) < 4.78 is 11.3. The minimum Gasteiger partial charge on any atom is -0.492 e. The number of rotatable bonds is 18. The molecule has 5 rings (SSSR count). The maximum Gasteiger partial charge on any atom is 0.270 e. The predicted octanol–water partition coefficient (Wildman–Crippen LogP) is 1.89. The number of aromatic nitrogens is 1. The number of hydrogen-bond acceptors (Lipinski definition) is 9. The summed E-state index contributed by atoms with van der Waals surface area (Å²) >= 11 is 0. The molecule has 7 N–H and O–H groups in total. The van der Waals surface area contributed by atoms with Crippen LogP contribution in [0.2, 0.25) is 0 Å². The van der Waals surface area contributed by atoms with Crippen molar-refractivity contribution >= 4 is 34.5 Å². The minimum absolute atomic E-state index is 0.0192. The molecule has 1 fully saturated rings. The number of nitrogens with two attached hydrogens (primary N) is 2. The average Bonchev–Trinajstić information content (AvgIpc) is 3.14. The number of amides is 4. The number of carbonyl (C=O) groups excluding carboxylic acids is 4. The van der Waals surface area contributed by atoms with Crippen molar-refractivity contribution in [3.63, 3.8) is 0 Å². The molecule has 2 heterocycles. The lowest BCUT2D eigenvalue weighted by atomic mass is 9.83. The first-order valence-electron chi connectivity index (χ1n) is 17.4. The molecular weight excluding hydrogens is 664 g/mol. The number of ether oxygens (including phenoxy) is 2. The largest absolute Gasteiger partial charge is 0.492 e. The van der Waals surface area contributed by atoms with Crippen LogP contribution in [0.5, 0.6) is 5.75 Å². The van der Waals surface area contributed by atoms with Crippen molar-refractivity contribution in [1.29, 1.82) is 0 Å². The smallest absolute Gasteiger partial charge is 0.270 e. The third kappa shape index (κ3) is 10.8. The average molecular weight is 711 g/mol. The van der Waals surface area contributed by atoms with Gasteiger partial charge >= 0.3 is 0 Å². The Kier molecular flexibility index (Phi) is 13.3. The number of aliphatic hydroxyl groups excluding tert-OH is 1. The van der Waals surface area contributed by atoms with Crippen LogP contribution in [0.25, 0.3) is 10.9 Å². The van der Waals surface area contributed by atoms with Crippen molar-refractivity contribution in [2.45, 2.75) is 49.8 Å². The molecule has 0 aliphatic carbocycles. The topological polar surface area (TPSA) is 199 Å². The number of aryl methyl sites for hydroxylation is 1. The van der Waals surface area contributed by atoms with Gasteiger partial charge in [-0.1, -0.05) is 66.7 Å². The summed E-state index contributed by atoms with van der Waals surface area (Å²) in [6.07, 6.45) is -1.15. The molecule has 4 aromatic rings. The lowest BCUT2D eigenvalue weighted by molar-refractivity contribution is -0.134. The van der Waals surface area contributed by atoms with Crippen LogP contribution in [0.1, 0.15) is 40.9 Å². The Balaban J connectivity index is 1.34. The molecule has 0 unspecified atom stereocenters. The Bertz CT molecular complexity index is 1820. The summed E-state index contributed by atoms with van der Waals surface area (Å²) in [6.45, 7) is 4.34. The van der Waals surface area contributed by atoms with Crippen molar-refractivity contribution < 1.29 is 33.8 Å². The predicted molar refractivity (Wildman–Crippen MR) is 195 cm³/mol. The number of morpholine rings is 1. The van der Waals surface area contributed by atoms with Gasteiger partial charge in [-0.25, -0.2) is 4.98 Å². The number of aliphatic hydroxyl groups is 1. The third-order valence-corrected chi connectivity index (χ3v) is 9.09. The van der Waals surface area contributed by atoms with Gasteiger partial charge in [0.1, 0.15) is 29.6 Å². The molecule has 0 bridgehead atoms. The number of para-hydroxylation sites is 1. The summed E-state index contributed by atoms with van der Waals surface area (Å²) in [7, 11) is 0. The molecule has 274 valence electrons. The Morgan fingerprint density at radius 3 is 2.33 bits per heavy atom. The van der Waals surface area contributed by atoms with Gasteiger partial charge in [0.15, 0.2) is 0 Å². The fraction of sp³-hybridized carbons (Fsp3) is 0.359. The van der Waals surface area contributed by atoms with Gasteiger partial charge in [-0.3, -0.25) is 24.1 Å². The number of pyridine rings is 1. The van der Waals surface area contributed by atoms with E-state index < -0.39 is 47.7 Å². The van der Waals surface area contributed by atoms with E-state index in [9.17, 15) is 24.3 Å². The number of nitrogens with one attached hydrogen (secondary N) is 2. The molecule has 1 aliphatic rings. The maximum atomic E-state index is 14.0. The Morgan fingerprint density at radius 1 is 0.904 bits per heavy atom. The van der Waals surface area contributed by atoms with Crippen molar-refractivity contribution in [3.8, 4) is 5.75 Å². The van der Waals surface area contributed by atoms with E-state index in [1.165, 1.54) is 6.07 Å². The molecule has 52 heavy (non-hydrogen) atoms. The molecule has 13 nitrogen and oxygen atoms in total. The number of nitrogens with zero attached hydrogens (tertiary/aromatic N) is 2. The second-order valence-electron chi connectivity index (χ2n) is 13.0. The van der Waals surface area contributed by atoms with Crippen LogP contribution in [-0.4, -0.2) is 95.8 Å². The van der Waals surface area contributed by atoms with E-state index in [1.54, 1.807) is 42.5 Å². The second kappa shape index (κ2) is 18.2. The van der Waals surface area contributed by atoms with Gasteiger partial charge in [-0.2, -0.15) is 0 Å². The van der Waals surface area contributed by atoms with E-state index in [0.29, 0.717) is 43.1 Å². The number of fused-ring (bicyclic) bond motifs is 1. The van der Waals surface area contributed by atoms with Gasteiger partial charge in [0.05, 0.1) is 31.3 Å². The van der Waals surface area contributed by atoms with Crippen molar-refractivity contribution in [1.82, 2.24) is 20.5 Å². The molecule has 0 spiro atoms. The van der Waals surface area contributed by atoms with Crippen LogP contribution in [0.15, 0.2) is 91.0 Å². The van der Waals surface area contributed by atoms with Crippen LogP contribution >= 0.6 is 0 Å². The highest BCUT2D eigenvalue weighted by atomic mass is 16.5. The number of carbonyl (C=O) groups is 4. The highest BCUT2D eigenvalue weighted by Crippen LogP contribution is 2.24. The van der Waals surface area contributed by atoms with Gasteiger partial charge in [0, 0.05) is 37.9 Å². The van der Waals surface area contributed by atoms with E-state index >= 15 is 0 Å². The molecule has 1 aliphatic heterocycles. The van der Waals surface area contributed by atoms with Crippen LogP contribution in [0, 0.1) is 0 Å². The van der Waals surface area contributed by atoms with E-state index in [0.717, 1.165) is 30.6 Å². The first-order valence-corrected chi connectivity index (χ1v) is 17.4. The molecular formula is C39H46N6O7. The highest BCUT2D eigenvalue weighted by Gasteiger charge is 2.42. The number of primary amides is 2. The van der Waals surface area contributed by atoms with Crippen molar-refractivity contribution in [2.75, 3.05) is 39.5 Å². The standard InChI is InChI=1S/C39H46N6O7/c40-35(47)24-34(43-36(48)33-17-13-29-8-4-5-9-32(29)42-33)37(49)44-39(38(41)50,26-30(46)14-10-27-6-2-1-3-7-27)25-28-11-15-31(16-12-28)52-23-20-45-18-21-51-22-19-45/h1-9,11-13,15-17,30,34,46H,10,14,18-26H2,(H2,40,47)(H2,41,50)(H,43,48)(H,44,49)/t30-,34-,39+/m0/s1. The zero-order valence-electron chi connectivity index (χ0n) is 29.0. The molecule has 4 amide bonds. The Labute approximate surface area is 302 Å². The minimum atomic E-state index is -1.81.